The minimum absolute atomic E-state index is 0.0232. The number of nitrogens with one attached hydrogen (secondary N) is 3. The quantitative estimate of drug-likeness (QED) is 0.223. The maximum Gasteiger partial charge on any atom is 0.417 e. The van der Waals surface area contributed by atoms with Crippen molar-refractivity contribution in [1.29, 1.82) is 0 Å². The van der Waals surface area contributed by atoms with Gasteiger partial charge in [-0.25, -0.2) is 4.79 Å². The van der Waals surface area contributed by atoms with E-state index in [1.165, 1.54) is 18.2 Å². The van der Waals surface area contributed by atoms with Crippen molar-refractivity contribution in [2.75, 3.05) is 11.9 Å². The number of carboxylic acid groups (broad SMARTS) is 1. The lowest BCUT2D eigenvalue weighted by Gasteiger charge is -2.21. The number of alkyl halides is 3. The number of amides is 3. The van der Waals surface area contributed by atoms with Gasteiger partial charge in [-0.1, -0.05) is 51.8 Å². The molecule has 0 aliphatic heterocycles. The van der Waals surface area contributed by atoms with E-state index >= 15 is 0 Å². The van der Waals surface area contributed by atoms with Gasteiger partial charge >= 0.3 is 18.2 Å². The van der Waals surface area contributed by atoms with Crippen LogP contribution in [0.5, 0.6) is 0 Å². The van der Waals surface area contributed by atoms with Gasteiger partial charge in [0.05, 0.1) is 23.0 Å². The zero-order chi connectivity index (χ0) is 27.9. The number of anilines is 1. The van der Waals surface area contributed by atoms with Crippen LogP contribution < -0.4 is 16.0 Å². The third-order valence-corrected chi connectivity index (χ3v) is 6.25. The molecule has 3 amide bonds. The summed E-state index contributed by atoms with van der Waals surface area (Å²) in [6.45, 7) is -0.0232. The van der Waals surface area contributed by atoms with Crippen molar-refractivity contribution < 1.29 is 32.7 Å². The number of hydrogen-bond acceptors (Lipinski definition) is 3. The molecule has 0 radical (unpaired) electrons. The second-order valence-corrected chi connectivity index (χ2v) is 9.52. The Morgan fingerprint density at radius 2 is 1.63 bits per heavy atom. The number of hydrogen-bond donors (Lipinski definition) is 4. The number of benzene rings is 3. The Morgan fingerprint density at radius 3 is 2.24 bits per heavy atom. The van der Waals surface area contributed by atoms with E-state index in [0.29, 0.717) is 17.5 Å². The Morgan fingerprint density at radius 1 is 0.974 bits per heavy atom. The van der Waals surface area contributed by atoms with Crippen molar-refractivity contribution >= 4 is 51.1 Å². The van der Waals surface area contributed by atoms with E-state index in [-0.39, 0.29) is 18.7 Å². The predicted molar refractivity (Wildman–Crippen MR) is 140 cm³/mol. The lowest BCUT2D eigenvalue weighted by molar-refractivity contribution is -0.138. The second-order valence-electron chi connectivity index (χ2n) is 8.20. The first-order valence-electron chi connectivity index (χ1n) is 11.2. The molecule has 0 aliphatic rings. The van der Waals surface area contributed by atoms with Crippen LogP contribution in [0, 0.1) is 0 Å². The van der Waals surface area contributed by atoms with Crippen LogP contribution in [0.4, 0.5) is 23.7 Å². The average Bonchev–Trinajstić information content (AvgIpc) is 2.85. The van der Waals surface area contributed by atoms with Crippen LogP contribution >= 0.6 is 27.5 Å². The van der Waals surface area contributed by atoms with Gasteiger partial charge < -0.3 is 21.1 Å². The van der Waals surface area contributed by atoms with Crippen LogP contribution in [0.1, 0.15) is 39.5 Å². The molecule has 0 spiro atoms. The molecule has 3 rings (SSSR count). The first-order chi connectivity index (χ1) is 17.9. The number of halogens is 5. The van der Waals surface area contributed by atoms with Crippen molar-refractivity contribution in [3.63, 3.8) is 0 Å². The summed E-state index contributed by atoms with van der Waals surface area (Å²) in [5, 5.41) is 15.9. The molecule has 1 unspecified atom stereocenters. The highest BCUT2D eigenvalue weighted by Gasteiger charge is 2.33. The van der Waals surface area contributed by atoms with Gasteiger partial charge in [-0.15, -0.1) is 0 Å². The summed E-state index contributed by atoms with van der Waals surface area (Å²) in [6, 6.07) is 15.5. The molecule has 0 heterocycles. The molecule has 3 aromatic rings. The molecule has 0 saturated carbocycles. The van der Waals surface area contributed by atoms with Crippen LogP contribution in [0.2, 0.25) is 5.02 Å². The van der Waals surface area contributed by atoms with Crippen LogP contribution in [0.3, 0.4) is 0 Å². The molecule has 12 heteroatoms. The van der Waals surface area contributed by atoms with Crippen molar-refractivity contribution in [3.05, 3.63) is 98.5 Å². The molecule has 7 nitrogen and oxygen atoms in total. The van der Waals surface area contributed by atoms with E-state index in [2.05, 4.69) is 31.9 Å². The molecular formula is C26H22BrClF3N3O4. The predicted octanol–water partition coefficient (Wildman–Crippen LogP) is 6.43. The largest absolute Gasteiger partial charge is 0.481 e. The fraction of sp³-hybridized carbons (Fsp3) is 0.192. The Labute approximate surface area is 229 Å². The minimum Gasteiger partial charge on any atom is -0.481 e. The molecule has 0 saturated heterocycles. The SMILES string of the molecule is O=C(O)CCNC(=O)c1ccc(C(Cc2ccc(Br)cc2)NC(=O)Nc2ccc(Cl)c(C(F)(F)F)c2)cc1. The van der Waals surface area contributed by atoms with Gasteiger partial charge in [0.25, 0.3) is 5.91 Å². The van der Waals surface area contributed by atoms with E-state index in [1.807, 2.05) is 24.3 Å². The number of carbonyl (C=O) groups is 3. The third kappa shape index (κ3) is 8.49. The Kier molecular flexibility index (Phi) is 9.76. The summed E-state index contributed by atoms with van der Waals surface area (Å²) < 4.78 is 40.4. The van der Waals surface area contributed by atoms with E-state index in [4.69, 9.17) is 16.7 Å². The molecule has 0 aliphatic carbocycles. The molecular weight excluding hydrogens is 591 g/mol. The molecule has 38 heavy (non-hydrogen) atoms. The van der Waals surface area contributed by atoms with Gasteiger partial charge in [0.15, 0.2) is 0 Å². The first kappa shape index (κ1) is 29.0. The molecule has 0 bridgehead atoms. The monoisotopic (exact) mass is 611 g/mol. The lowest BCUT2D eigenvalue weighted by atomic mass is 9.98. The second kappa shape index (κ2) is 12.8. The van der Waals surface area contributed by atoms with Crippen molar-refractivity contribution in [2.24, 2.45) is 0 Å². The molecule has 3 aromatic carbocycles. The van der Waals surface area contributed by atoms with Crippen LogP contribution in [-0.2, 0) is 17.4 Å². The van der Waals surface area contributed by atoms with Gasteiger partial charge in [0.1, 0.15) is 0 Å². The third-order valence-electron chi connectivity index (χ3n) is 5.39. The van der Waals surface area contributed by atoms with E-state index < -0.39 is 40.7 Å². The maximum atomic E-state index is 13.2. The highest BCUT2D eigenvalue weighted by atomic mass is 79.9. The molecule has 1 atom stereocenters. The molecule has 0 aromatic heterocycles. The number of urea groups is 1. The summed E-state index contributed by atoms with van der Waals surface area (Å²) in [6.07, 6.45) is -4.55. The van der Waals surface area contributed by atoms with Crippen molar-refractivity contribution in [1.82, 2.24) is 10.6 Å². The van der Waals surface area contributed by atoms with Gasteiger partial charge in [0, 0.05) is 22.3 Å². The zero-order valence-corrected chi connectivity index (χ0v) is 22.0. The Bertz CT molecular complexity index is 1300. The zero-order valence-electron chi connectivity index (χ0n) is 19.6. The summed E-state index contributed by atoms with van der Waals surface area (Å²) in [5.41, 5.74) is 0.652. The van der Waals surface area contributed by atoms with Crippen molar-refractivity contribution in [2.45, 2.75) is 25.1 Å². The Balaban J connectivity index is 1.78. The van der Waals surface area contributed by atoms with Gasteiger partial charge in [-0.05, 0) is 60.0 Å². The molecule has 0 fully saturated rings. The standard InChI is InChI=1S/C26H22BrClF3N3O4/c27-18-7-1-15(2-8-18)13-22(16-3-5-17(6-4-16)24(37)32-12-11-23(35)36)34-25(38)33-19-9-10-21(28)20(14-19)26(29,30)31/h1-10,14,22H,11-13H2,(H,32,37)(H,35,36)(H2,33,34,38). The summed E-state index contributed by atoms with van der Waals surface area (Å²) in [4.78, 5) is 35.7. The average molecular weight is 613 g/mol. The van der Waals surface area contributed by atoms with E-state index in [0.717, 1.165) is 22.2 Å². The topological polar surface area (TPSA) is 108 Å². The smallest absolute Gasteiger partial charge is 0.417 e. The highest BCUT2D eigenvalue weighted by molar-refractivity contribution is 9.10. The maximum absolute atomic E-state index is 13.2. The minimum atomic E-state index is -4.68. The first-order valence-corrected chi connectivity index (χ1v) is 12.4. The number of rotatable bonds is 9. The highest BCUT2D eigenvalue weighted by Crippen LogP contribution is 2.36. The number of carbonyl (C=O) groups excluding carboxylic acids is 2. The summed E-state index contributed by atoms with van der Waals surface area (Å²) in [5.74, 6) is -1.48. The fourth-order valence-corrected chi connectivity index (χ4v) is 3.99. The van der Waals surface area contributed by atoms with E-state index in [1.54, 1.807) is 12.1 Å². The van der Waals surface area contributed by atoms with Crippen LogP contribution in [-0.4, -0.2) is 29.6 Å². The van der Waals surface area contributed by atoms with Gasteiger partial charge in [-0.3, -0.25) is 9.59 Å². The molecule has 200 valence electrons. The van der Waals surface area contributed by atoms with Gasteiger partial charge in [0.2, 0.25) is 0 Å². The fourth-order valence-electron chi connectivity index (χ4n) is 3.51. The summed E-state index contributed by atoms with van der Waals surface area (Å²) in [7, 11) is 0. The normalized spacial score (nSPS) is 11.9. The van der Waals surface area contributed by atoms with Crippen LogP contribution in [0.15, 0.2) is 71.2 Å². The lowest BCUT2D eigenvalue weighted by Crippen LogP contribution is -2.34. The number of aliphatic carboxylic acids is 1. The number of carboxylic acids is 1. The van der Waals surface area contributed by atoms with Crippen LogP contribution in [0.25, 0.3) is 0 Å². The summed E-state index contributed by atoms with van der Waals surface area (Å²) >= 11 is 9.02. The molecule has 4 N–H and O–H groups in total. The van der Waals surface area contributed by atoms with Crippen molar-refractivity contribution in [3.8, 4) is 0 Å². The van der Waals surface area contributed by atoms with E-state index in [9.17, 15) is 27.6 Å². The van der Waals surface area contributed by atoms with Gasteiger partial charge in [-0.2, -0.15) is 13.2 Å². The Hall–Kier alpha value is -3.57.